The molecule has 0 radical (unpaired) electrons. The summed E-state index contributed by atoms with van der Waals surface area (Å²) in [5.74, 6) is 0. The SMILES string of the molecule is C1=C(/C=C/c2cccs2)S/C(=C/C=C/c2cccs2)S1. The fourth-order valence-electron chi connectivity index (χ4n) is 1.59. The molecule has 0 saturated heterocycles. The maximum absolute atomic E-state index is 2.21. The van der Waals surface area contributed by atoms with Crippen LogP contribution in [0.4, 0.5) is 0 Å². The van der Waals surface area contributed by atoms with E-state index in [2.05, 4.69) is 70.8 Å². The third kappa shape index (κ3) is 4.03. The van der Waals surface area contributed by atoms with Gasteiger partial charge in [0, 0.05) is 18.9 Å². The van der Waals surface area contributed by atoms with E-state index in [1.54, 1.807) is 34.4 Å². The van der Waals surface area contributed by atoms with E-state index in [9.17, 15) is 0 Å². The molecule has 4 heteroatoms. The van der Waals surface area contributed by atoms with Crippen LogP contribution in [0.3, 0.4) is 0 Å². The van der Waals surface area contributed by atoms with Crippen molar-refractivity contribution in [3.05, 3.63) is 77.6 Å². The first-order valence-corrected chi connectivity index (χ1v) is 9.54. The topological polar surface area (TPSA) is 0 Å². The number of rotatable bonds is 4. The van der Waals surface area contributed by atoms with Gasteiger partial charge in [-0.2, -0.15) is 0 Å². The van der Waals surface area contributed by atoms with Crippen LogP contribution < -0.4 is 0 Å². The van der Waals surface area contributed by atoms with Gasteiger partial charge in [0.1, 0.15) is 0 Å². The van der Waals surface area contributed by atoms with Crippen molar-refractivity contribution >= 4 is 58.3 Å². The molecule has 0 spiro atoms. The molecule has 0 saturated carbocycles. The van der Waals surface area contributed by atoms with Crippen molar-refractivity contribution in [3.8, 4) is 0 Å². The third-order valence-electron chi connectivity index (χ3n) is 2.50. The molecule has 2 aromatic heterocycles. The van der Waals surface area contributed by atoms with Crippen molar-refractivity contribution in [1.82, 2.24) is 0 Å². The summed E-state index contributed by atoms with van der Waals surface area (Å²) >= 11 is 7.14. The van der Waals surface area contributed by atoms with Crippen LogP contribution in [0.1, 0.15) is 9.75 Å². The third-order valence-corrected chi connectivity index (χ3v) is 6.43. The molecule has 1 aliphatic heterocycles. The van der Waals surface area contributed by atoms with Gasteiger partial charge in [-0.3, -0.25) is 0 Å². The highest BCUT2D eigenvalue weighted by Crippen LogP contribution is 2.44. The summed E-state index contributed by atoms with van der Waals surface area (Å²) in [7, 11) is 0. The zero-order chi connectivity index (χ0) is 13.6. The lowest BCUT2D eigenvalue weighted by Crippen LogP contribution is -1.63. The van der Waals surface area contributed by atoms with Crippen LogP contribution >= 0.6 is 46.2 Å². The summed E-state index contributed by atoms with van der Waals surface area (Å²) in [4.78, 5) is 3.89. The Hall–Kier alpha value is -0.940. The Balaban J connectivity index is 1.56. The van der Waals surface area contributed by atoms with Crippen LogP contribution in [-0.2, 0) is 0 Å². The summed E-state index contributed by atoms with van der Waals surface area (Å²) < 4.78 is 1.32. The van der Waals surface area contributed by atoms with Crippen LogP contribution in [-0.4, -0.2) is 0 Å². The molecule has 0 atom stereocenters. The van der Waals surface area contributed by atoms with Crippen LogP contribution in [0.15, 0.2) is 67.8 Å². The second kappa shape index (κ2) is 7.18. The van der Waals surface area contributed by atoms with Gasteiger partial charge in [-0.1, -0.05) is 41.7 Å². The van der Waals surface area contributed by atoms with E-state index in [1.165, 1.54) is 18.9 Å². The zero-order valence-electron chi connectivity index (χ0n) is 10.6. The number of hydrogen-bond acceptors (Lipinski definition) is 4. The lowest BCUT2D eigenvalue weighted by Gasteiger charge is -1.92. The van der Waals surface area contributed by atoms with Crippen LogP contribution in [0.5, 0.6) is 0 Å². The molecule has 3 heterocycles. The molecule has 0 bridgehead atoms. The standard InChI is InChI=1S/C16H12S4/c1(4-13-5-2-10-17-13)7-16-19-12-15(20-16)9-8-14-6-3-11-18-14/h1-12H/b4-1+,9-8+,16-7+. The Morgan fingerprint density at radius 2 is 1.60 bits per heavy atom. The summed E-state index contributed by atoms with van der Waals surface area (Å²) in [6, 6.07) is 8.42. The minimum absolute atomic E-state index is 1.29. The second-order valence-corrected chi connectivity index (χ2v) is 8.19. The largest absolute Gasteiger partial charge is 0.144 e. The molecule has 1 aliphatic rings. The van der Waals surface area contributed by atoms with Crippen molar-refractivity contribution in [2.75, 3.05) is 0 Å². The Bertz CT molecular complexity index is 655. The molecular formula is C16H12S4. The monoisotopic (exact) mass is 332 g/mol. The molecule has 0 aliphatic carbocycles. The van der Waals surface area contributed by atoms with E-state index in [-0.39, 0.29) is 0 Å². The van der Waals surface area contributed by atoms with Gasteiger partial charge >= 0.3 is 0 Å². The quantitative estimate of drug-likeness (QED) is 0.611. The lowest BCUT2D eigenvalue weighted by atomic mass is 10.4. The predicted molar refractivity (Wildman–Crippen MR) is 98.1 cm³/mol. The average molecular weight is 333 g/mol. The van der Waals surface area contributed by atoms with Gasteiger partial charge in [0.05, 0.1) is 0 Å². The minimum Gasteiger partial charge on any atom is -0.144 e. The maximum Gasteiger partial charge on any atom is 0.0493 e. The molecule has 0 nitrogen and oxygen atoms in total. The highest BCUT2D eigenvalue weighted by Gasteiger charge is 2.08. The van der Waals surface area contributed by atoms with Gasteiger partial charge in [0.25, 0.3) is 0 Å². The number of thioether (sulfide) groups is 2. The first-order valence-electron chi connectivity index (χ1n) is 6.08. The first-order chi connectivity index (χ1) is 9.90. The maximum atomic E-state index is 2.21. The molecule has 0 amide bonds. The van der Waals surface area contributed by atoms with Gasteiger partial charge in [0.2, 0.25) is 0 Å². The molecule has 100 valence electrons. The fraction of sp³-hybridized carbons (Fsp3) is 0. The number of hydrogen-bond donors (Lipinski definition) is 0. The van der Waals surface area contributed by atoms with Gasteiger partial charge in [-0.15, -0.1) is 22.7 Å². The molecule has 2 aromatic rings. The first kappa shape index (κ1) is 14.0. The Morgan fingerprint density at radius 1 is 0.850 bits per heavy atom. The Kier molecular flexibility index (Phi) is 5.03. The van der Waals surface area contributed by atoms with Crippen LogP contribution in [0.2, 0.25) is 0 Å². The normalized spacial score (nSPS) is 17.6. The molecule has 0 aromatic carbocycles. The molecule has 0 fully saturated rings. The van der Waals surface area contributed by atoms with E-state index >= 15 is 0 Å². The van der Waals surface area contributed by atoms with Crippen LogP contribution in [0, 0.1) is 0 Å². The molecule has 0 unspecified atom stereocenters. The summed E-state index contributed by atoms with van der Waals surface area (Å²) in [5.41, 5.74) is 0. The molecule has 0 N–H and O–H groups in total. The van der Waals surface area contributed by atoms with Crippen molar-refractivity contribution < 1.29 is 0 Å². The van der Waals surface area contributed by atoms with Crippen molar-refractivity contribution in [2.24, 2.45) is 0 Å². The Morgan fingerprint density at radius 3 is 2.30 bits per heavy atom. The lowest BCUT2D eigenvalue weighted by molar-refractivity contribution is 1.93. The zero-order valence-corrected chi connectivity index (χ0v) is 13.8. The number of thiophene rings is 2. The molecule has 20 heavy (non-hydrogen) atoms. The van der Waals surface area contributed by atoms with Gasteiger partial charge in [0.15, 0.2) is 0 Å². The summed E-state index contributed by atoms with van der Waals surface area (Å²) in [5, 5.41) is 6.41. The number of allylic oxidation sites excluding steroid dienone is 3. The van der Waals surface area contributed by atoms with Gasteiger partial charge in [-0.05, 0) is 52.6 Å². The second-order valence-electron chi connectivity index (χ2n) is 3.95. The van der Waals surface area contributed by atoms with E-state index < -0.39 is 0 Å². The molecular weight excluding hydrogens is 320 g/mol. The molecule has 3 rings (SSSR count). The van der Waals surface area contributed by atoms with Crippen molar-refractivity contribution in [1.29, 1.82) is 0 Å². The van der Waals surface area contributed by atoms with E-state index in [1.807, 2.05) is 11.8 Å². The summed E-state index contributed by atoms with van der Waals surface area (Å²) in [6.45, 7) is 0. The van der Waals surface area contributed by atoms with E-state index in [0.29, 0.717) is 0 Å². The highest BCUT2D eigenvalue weighted by molar-refractivity contribution is 8.28. The minimum atomic E-state index is 1.29. The van der Waals surface area contributed by atoms with Crippen LogP contribution in [0.25, 0.3) is 12.2 Å². The Labute approximate surface area is 135 Å². The van der Waals surface area contributed by atoms with E-state index in [4.69, 9.17) is 0 Å². The highest BCUT2D eigenvalue weighted by atomic mass is 32.2. The smallest absolute Gasteiger partial charge is 0.0493 e. The van der Waals surface area contributed by atoms with Crippen molar-refractivity contribution in [3.63, 3.8) is 0 Å². The van der Waals surface area contributed by atoms with Gasteiger partial charge in [-0.25, -0.2) is 0 Å². The van der Waals surface area contributed by atoms with E-state index in [0.717, 1.165) is 0 Å². The average Bonchev–Trinajstić information content (AvgIpc) is 3.20. The van der Waals surface area contributed by atoms with Crippen molar-refractivity contribution in [2.45, 2.75) is 0 Å². The van der Waals surface area contributed by atoms with Gasteiger partial charge < -0.3 is 0 Å². The summed E-state index contributed by atoms with van der Waals surface area (Å²) in [6.07, 6.45) is 10.8. The predicted octanol–water partition coefficient (Wildman–Crippen LogP) is 6.70. The fourth-order valence-corrected chi connectivity index (χ4v) is 4.78.